The van der Waals surface area contributed by atoms with Crippen LogP contribution in [0.1, 0.15) is 5.56 Å². The minimum atomic E-state index is -0.0817. The Morgan fingerprint density at radius 2 is 1.74 bits per heavy atom. The van der Waals surface area contributed by atoms with Crippen molar-refractivity contribution in [3.63, 3.8) is 0 Å². The Morgan fingerprint density at radius 3 is 2.42 bits per heavy atom. The van der Waals surface area contributed by atoms with Crippen LogP contribution in [-0.2, 0) is 11.3 Å². The van der Waals surface area contributed by atoms with E-state index in [4.69, 9.17) is 5.73 Å². The Balaban J connectivity index is 1.40. The number of carbonyl (C=O) groups excluding carboxylic acids is 1. The number of nitrogens with zero attached hydrogens (tertiary/aromatic N) is 6. The van der Waals surface area contributed by atoms with E-state index in [0.717, 1.165) is 54.5 Å². The van der Waals surface area contributed by atoms with Gasteiger partial charge >= 0.3 is 0 Å². The summed E-state index contributed by atoms with van der Waals surface area (Å²) in [6.45, 7) is 4.09. The van der Waals surface area contributed by atoms with Crippen molar-refractivity contribution in [2.75, 3.05) is 49.6 Å². The summed E-state index contributed by atoms with van der Waals surface area (Å²) in [5, 5.41) is 0. The summed E-state index contributed by atoms with van der Waals surface area (Å²) in [5.74, 6) is 0.667. The summed E-state index contributed by atoms with van der Waals surface area (Å²) in [4.78, 5) is 31.3. The van der Waals surface area contributed by atoms with Crippen LogP contribution in [0, 0.1) is 0 Å². The molecule has 1 saturated heterocycles. The molecule has 0 bridgehead atoms. The summed E-state index contributed by atoms with van der Waals surface area (Å²) >= 11 is 0. The molecule has 31 heavy (non-hydrogen) atoms. The zero-order chi connectivity index (χ0) is 21.6. The highest BCUT2D eigenvalue weighted by Crippen LogP contribution is 2.22. The largest absolute Gasteiger partial charge is 0.367 e. The van der Waals surface area contributed by atoms with Crippen LogP contribution in [0.3, 0.4) is 0 Å². The van der Waals surface area contributed by atoms with E-state index >= 15 is 0 Å². The van der Waals surface area contributed by atoms with Crippen LogP contribution < -0.4 is 15.5 Å². The molecule has 1 aromatic carbocycles. The van der Waals surface area contributed by atoms with Gasteiger partial charge in [0.25, 0.3) is 0 Å². The molecular weight excluding hydrogens is 390 g/mol. The number of anilines is 2. The molecule has 3 heterocycles. The summed E-state index contributed by atoms with van der Waals surface area (Å²) in [6.07, 6.45) is 7.43. The van der Waals surface area contributed by atoms with Gasteiger partial charge in [0.15, 0.2) is 0 Å². The molecule has 2 aromatic heterocycles. The molecule has 0 aliphatic carbocycles. The quantitative estimate of drug-likeness (QED) is 0.654. The van der Waals surface area contributed by atoms with Crippen molar-refractivity contribution in [1.29, 1.82) is 0 Å². The Morgan fingerprint density at radius 1 is 1.00 bits per heavy atom. The first-order valence-corrected chi connectivity index (χ1v) is 10.4. The van der Waals surface area contributed by atoms with Gasteiger partial charge in [0.2, 0.25) is 11.9 Å². The predicted molar refractivity (Wildman–Crippen MR) is 122 cm³/mol. The number of nitrogens with two attached hydrogens (primary N) is 1. The van der Waals surface area contributed by atoms with E-state index < -0.39 is 0 Å². The average Bonchev–Trinajstić information content (AvgIpc) is 2.84. The van der Waals surface area contributed by atoms with E-state index in [0.29, 0.717) is 6.54 Å². The van der Waals surface area contributed by atoms with E-state index in [1.807, 2.05) is 42.9 Å². The second kappa shape index (κ2) is 9.53. The molecule has 0 saturated carbocycles. The van der Waals surface area contributed by atoms with Crippen molar-refractivity contribution < 1.29 is 4.79 Å². The predicted octanol–water partition coefficient (Wildman–Crippen LogP) is 1.78. The van der Waals surface area contributed by atoms with Crippen LogP contribution in [-0.4, -0.2) is 65.5 Å². The van der Waals surface area contributed by atoms with Crippen LogP contribution in [0.25, 0.3) is 11.1 Å². The number of piperazine rings is 1. The van der Waals surface area contributed by atoms with Gasteiger partial charge in [-0.25, -0.2) is 9.97 Å². The van der Waals surface area contributed by atoms with Gasteiger partial charge in [-0.2, -0.15) is 0 Å². The van der Waals surface area contributed by atoms with Crippen molar-refractivity contribution in [2.45, 2.75) is 6.54 Å². The van der Waals surface area contributed by atoms with Crippen LogP contribution in [0.15, 0.2) is 61.2 Å². The third kappa shape index (κ3) is 4.97. The maximum Gasteiger partial charge on any atom is 0.236 e. The first kappa shape index (κ1) is 20.7. The van der Waals surface area contributed by atoms with Crippen molar-refractivity contribution in [3.8, 4) is 11.1 Å². The summed E-state index contributed by atoms with van der Waals surface area (Å²) in [6, 6.07) is 12.1. The molecule has 8 heteroatoms. The SMILES string of the molecule is CN(Cc1cccc(-c2cnc(N3CCN(c4cccnc4)CC3)nc2)c1)C(=O)CN. The van der Waals surface area contributed by atoms with Gasteiger partial charge in [-0.15, -0.1) is 0 Å². The van der Waals surface area contributed by atoms with E-state index in [2.05, 4.69) is 36.9 Å². The van der Waals surface area contributed by atoms with Gasteiger partial charge in [0.1, 0.15) is 0 Å². The van der Waals surface area contributed by atoms with Crippen molar-refractivity contribution in [1.82, 2.24) is 19.9 Å². The first-order valence-electron chi connectivity index (χ1n) is 10.4. The molecule has 0 spiro atoms. The highest BCUT2D eigenvalue weighted by Gasteiger charge is 2.19. The van der Waals surface area contributed by atoms with Crippen LogP contribution in [0.5, 0.6) is 0 Å². The summed E-state index contributed by atoms with van der Waals surface area (Å²) < 4.78 is 0. The fraction of sp³-hybridized carbons (Fsp3) is 0.304. The number of pyridine rings is 1. The lowest BCUT2D eigenvalue weighted by molar-refractivity contribution is -0.128. The number of carbonyl (C=O) groups is 1. The topological polar surface area (TPSA) is 91.5 Å². The number of likely N-dealkylation sites (N-methyl/N-ethyl adjacent to an activating group) is 1. The minimum absolute atomic E-state index is 0.0159. The molecule has 3 aromatic rings. The zero-order valence-electron chi connectivity index (χ0n) is 17.7. The number of hydrogen-bond donors (Lipinski definition) is 1. The molecule has 0 unspecified atom stereocenters. The molecule has 0 atom stereocenters. The second-order valence-corrected chi connectivity index (χ2v) is 7.61. The number of amides is 1. The number of rotatable bonds is 6. The van der Waals surface area contributed by atoms with Gasteiger partial charge < -0.3 is 20.4 Å². The van der Waals surface area contributed by atoms with Gasteiger partial charge in [-0.3, -0.25) is 9.78 Å². The molecule has 1 fully saturated rings. The lowest BCUT2D eigenvalue weighted by Gasteiger charge is -2.35. The number of benzene rings is 1. The van der Waals surface area contributed by atoms with E-state index in [-0.39, 0.29) is 12.5 Å². The highest BCUT2D eigenvalue weighted by atomic mass is 16.2. The van der Waals surface area contributed by atoms with Gasteiger partial charge in [0.05, 0.1) is 18.4 Å². The Kier molecular flexibility index (Phi) is 6.37. The van der Waals surface area contributed by atoms with Crippen molar-refractivity contribution >= 4 is 17.5 Å². The third-order valence-electron chi connectivity index (χ3n) is 5.49. The van der Waals surface area contributed by atoms with Gasteiger partial charge in [0, 0.05) is 63.9 Å². The molecule has 4 rings (SSSR count). The standard InChI is InChI=1S/C23H27N7O/c1-28(22(31)13-24)17-18-4-2-5-19(12-18)20-14-26-23(27-15-20)30-10-8-29(9-11-30)21-6-3-7-25-16-21/h2-7,12,14-16H,8-11,13,17,24H2,1H3. The summed E-state index contributed by atoms with van der Waals surface area (Å²) in [7, 11) is 1.76. The van der Waals surface area contributed by atoms with E-state index in [9.17, 15) is 4.79 Å². The molecule has 8 nitrogen and oxygen atoms in total. The monoisotopic (exact) mass is 417 g/mol. The zero-order valence-corrected chi connectivity index (χ0v) is 17.7. The van der Waals surface area contributed by atoms with E-state index in [1.165, 1.54) is 0 Å². The minimum Gasteiger partial charge on any atom is -0.367 e. The van der Waals surface area contributed by atoms with Crippen molar-refractivity contribution in [2.24, 2.45) is 5.73 Å². The summed E-state index contributed by atoms with van der Waals surface area (Å²) in [5.41, 5.74) is 9.61. The molecule has 160 valence electrons. The average molecular weight is 418 g/mol. The Labute approximate surface area is 182 Å². The lowest BCUT2D eigenvalue weighted by atomic mass is 10.1. The third-order valence-corrected chi connectivity index (χ3v) is 5.49. The van der Waals surface area contributed by atoms with Crippen LogP contribution >= 0.6 is 0 Å². The first-order chi connectivity index (χ1) is 15.1. The lowest BCUT2D eigenvalue weighted by Crippen LogP contribution is -2.47. The highest BCUT2D eigenvalue weighted by molar-refractivity contribution is 5.77. The normalized spacial score (nSPS) is 13.9. The molecule has 1 amide bonds. The van der Waals surface area contributed by atoms with Gasteiger partial charge in [-0.1, -0.05) is 18.2 Å². The van der Waals surface area contributed by atoms with Crippen LogP contribution in [0.4, 0.5) is 11.6 Å². The molecule has 1 aliphatic rings. The molecule has 1 aliphatic heterocycles. The fourth-order valence-electron chi connectivity index (χ4n) is 3.71. The Bertz CT molecular complexity index is 1000. The number of aromatic nitrogens is 3. The Hall–Kier alpha value is -3.52. The molecule has 0 radical (unpaired) electrons. The maximum atomic E-state index is 11.7. The fourth-order valence-corrected chi connectivity index (χ4v) is 3.71. The second-order valence-electron chi connectivity index (χ2n) is 7.61. The maximum absolute atomic E-state index is 11.7. The smallest absolute Gasteiger partial charge is 0.236 e. The van der Waals surface area contributed by atoms with E-state index in [1.54, 1.807) is 18.1 Å². The molecular formula is C23H27N7O. The van der Waals surface area contributed by atoms with Crippen LogP contribution in [0.2, 0.25) is 0 Å². The molecule has 2 N–H and O–H groups in total. The van der Waals surface area contributed by atoms with Gasteiger partial charge in [-0.05, 0) is 29.3 Å². The van der Waals surface area contributed by atoms with Crippen molar-refractivity contribution in [3.05, 3.63) is 66.7 Å². The number of hydrogen-bond acceptors (Lipinski definition) is 7.